The van der Waals surface area contributed by atoms with E-state index in [9.17, 15) is 14.4 Å². The van der Waals surface area contributed by atoms with Crippen molar-refractivity contribution in [3.05, 3.63) is 0 Å². The number of rotatable bonds is 8. The molecule has 0 spiro atoms. The van der Waals surface area contributed by atoms with E-state index in [1.165, 1.54) is 6.92 Å². The third-order valence-corrected chi connectivity index (χ3v) is 3.48. The second kappa shape index (κ2) is 9.65. The van der Waals surface area contributed by atoms with Crippen molar-refractivity contribution in [3.63, 3.8) is 0 Å². The Morgan fingerprint density at radius 2 is 1.57 bits per heavy atom. The predicted octanol–water partition coefficient (Wildman–Crippen LogP) is 2.04. The molecule has 0 aromatic rings. The van der Waals surface area contributed by atoms with Gasteiger partial charge in [-0.25, -0.2) is 4.79 Å². The molecule has 2 amide bonds. The van der Waals surface area contributed by atoms with Crippen LogP contribution in [-0.4, -0.2) is 52.0 Å². The zero-order chi connectivity index (χ0) is 16.6. The fraction of sp³-hybridized carbons (Fsp3) is 0.786. The SMILES string of the molecule is CC(=O)NC(CSC(=O)N(CC(C)C)CC(C)C)C(=O)O. The molecule has 0 aliphatic rings. The van der Waals surface area contributed by atoms with Crippen molar-refractivity contribution in [1.82, 2.24) is 10.2 Å². The Kier molecular flexibility index (Phi) is 9.08. The van der Waals surface area contributed by atoms with Gasteiger partial charge in [-0.3, -0.25) is 9.59 Å². The molecule has 0 aliphatic heterocycles. The maximum Gasteiger partial charge on any atom is 0.327 e. The summed E-state index contributed by atoms with van der Waals surface area (Å²) in [4.78, 5) is 35.9. The van der Waals surface area contributed by atoms with Crippen LogP contribution in [0.4, 0.5) is 4.79 Å². The fourth-order valence-corrected chi connectivity index (χ4v) is 2.64. The number of carbonyl (C=O) groups is 3. The van der Waals surface area contributed by atoms with E-state index in [4.69, 9.17) is 5.11 Å². The van der Waals surface area contributed by atoms with Crippen molar-refractivity contribution < 1.29 is 19.5 Å². The molecule has 0 aromatic heterocycles. The van der Waals surface area contributed by atoms with Gasteiger partial charge in [0.15, 0.2) is 0 Å². The summed E-state index contributed by atoms with van der Waals surface area (Å²) in [5.74, 6) is -0.834. The van der Waals surface area contributed by atoms with Gasteiger partial charge in [0.1, 0.15) is 6.04 Å². The standard InChI is InChI=1S/C14H26N2O4S/c1-9(2)6-16(7-10(3)4)14(20)21-8-12(13(18)19)15-11(5)17/h9-10,12H,6-8H2,1-5H3,(H,15,17)(H,18,19). The van der Waals surface area contributed by atoms with E-state index in [0.29, 0.717) is 24.9 Å². The summed E-state index contributed by atoms with van der Waals surface area (Å²) in [6, 6.07) is -1.05. The number of hydrogen-bond acceptors (Lipinski definition) is 4. The minimum absolute atomic E-state index is 0.0282. The minimum Gasteiger partial charge on any atom is -0.480 e. The third kappa shape index (κ3) is 9.33. The lowest BCUT2D eigenvalue weighted by Crippen LogP contribution is -2.42. The van der Waals surface area contributed by atoms with Gasteiger partial charge in [-0.1, -0.05) is 39.5 Å². The number of aliphatic carboxylic acids is 1. The van der Waals surface area contributed by atoms with E-state index in [2.05, 4.69) is 5.32 Å². The van der Waals surface area contributed by atoms with Crippen molar-refractivity contribution in [1.29, 1.82) is 0 Å². The first-order valence-corrected chi connectivity index (χ1v) is 8.03. The number of nitrogens with zero attached hydrogens (tertiary/aromatic N) is 1. The molecule has 0 saturated heterocycles. The van der Waals surface area contributed by atoms with E-state index in [-0.39, 0.29) is 11.0 Å². The molecular weight excluding hydrogens is 292 g/mol. The highest BCUT2D eigenvalue weighted by Gasteiger charge is 2.23. The smallest absolute Gasteiger partial charge is 0.327 e. The van der Waals surface area contributed by atoms with Crippen LogP contribution in [0.1, 0.15) is 34.6 Å². The highest BCUT2D eigenvalue weighted by Crippen LogP contribution is 2.14. The molecule has 0 fully saturated rings. The Morgan fingerprint density at radius 1 is 1.10 bits per heavy atom. The summed E-state index contributed by atoms with van der Waals surface area (Å²) >= 11 is 0.938. The Labute approximate surface area is 130 Å². The third-order valence-electron chi connectivity index (χ3n) is 2.48. The molecule has 1 atom stereocenters. The molecule has 21 heavy (non-hydrogen) atoms. The van der Waals surface area contributed by atoms with Gasteiger partial charge in [0, 0.05) is 25.8 Å². The second-order valence-electron chi connectivity index (χ2n) is 5.86. The van der Waals surface area contributed by atoms with Crippen molar-refractivity contribution in [2.75, 3.05) is 18.8 Å². The van der Waals surface area contributed by atoms with Crippen LogP contribution >= 0.6 is 11.8 Å². The average molecular weight is 318 g/mol. The van der Waals surface area contributed by atoms with Gasteiger partial charge in [0.2, 0.25) is 5.91 Å². The average Bonchev–Trinajstić information content (AvgIpc) is 2.31. The Morgan fingerprint density at radius 3 is 1.90 bits per heavy atom. The first kappa shape index (κ1) is 19.8. The van der Waals surface area contributed by atoms with Gasteiger partial charge >= 0.3 is 5.97 Å². The summed E-state index contributed by atoms with van der Waals surface area (Å²) < 4.78 is 0. The van der Waals surface area contributed by atoms with Gasteiger partial charge < -0.3 is 15.3 Å². The Hall–Kier alpha value is -1.24. The lowest BCUT2D eigenvalue weighted by atomic mass is 10.1. The lowest BCUT2D eigenvalue weighted by molar-refractivity contribution is -0.140. The van der Waals surface area contributed by atoms with Gasteiger partial charge in [0.25, 0.3) is 5.24 Å². The van der Waals surface area contributed by atoms with Crippen LogP contribution in [0.2, 0.25) is 0 Å². The van der Waals surface area contributed by atoms with Gasteiger partial charge in [-0.2, -0.15) is 0 Å². The molecule has 0 bridgehead atoms. The number of carbonyl (C=O) groups excluding carboxylic acids is 2. The van der Waals surface area contributed by atoms with E-state index in [0.717, 1.165) is 11.8 Å². The fourth-order valence-electron chi connectivity index (χ4n) is 1.77. The molecule has 7 heteroatoms. The molecule has 0 saturated carbocycles. The molecule has 2 N–H and O–H groups in total. The Bertz CT molecular complexity index is 362. The quantitative estimate of drug-likeness (QED) is 0.715. The number of hydrogen-bond donors (Lipinski definition) is 2. The number of thioether (sulfide) groups is 1. The Balaban J connectivity index is 4.58. The highest BCUT2D eigenvalue weighted by atomic mass is 32.2. The zero-order valence-corrected chi connectivity index (χ0v) is 14.2. The highest BCUT2D eigenvalue weighted by molar-refractivity contribution is 8.13. The molecule has 0 rings (SSSR count). The lowest BCUT2D eigenvalue weighted by Gasteiger charge is -2.26. The zero-order valence-electron chi connectivity index (χ0n) is 13.4. The molecule has 0 radical (unpaired) electrons. The van der Waals surface area contributed by atoms with Crippen molar-refractivity contribution in [3.8, 4) is 0 Å². The van der Waals surface area contributed by atoms with E-state index in [1.54, 1.807) is 4.90 Å². The van der Waals surface area contributed by atoms with Gasteiger partial charge in [-0.05, 0) is 11.8 Å². The van der Waals surface area contributed by atoms with Gasteiger partial charge in [0.05, 0.1) is 0 Å². The molecular formula is C14H26N2O4S. The molecule has 122 valence electrons. The summed E-state index contributed by atoms with van der Waals surface area (Å²) in [5.41, 5.74) is 0. The second-order valence-corrected chi connectivity index (χ2v) is 6.83. The largest absolute Gasteiger partial charge is 0.480 e. The van der Waals surface area contributed by atoms with E-state index < -0.39 is 17.9 Å². The molecule has 6 nitrogen and oxygen atoms in total. The van der Waals surface area contributed by atoms with Crippen LogP contribution < -0.4 is 5.32 Å². The summed E-state index contributed by atoms with van der Waals surface area (Å²) in [6.45, 7) is 10.7. The summed E-state index contributed by atoms with van der Waals surface area (Å²) in [6.07, 6.45) is 0. The number of carboxylic acid groups (broad SMARTS) is 1. The molecule has 1 unspecified atom stereocenters. The maximum absolute atomic E-state index is 12.2. The van der Waals surface area contributed by atoms with Crippen LogP contribution in [0.25, 0.3) is 0 Å². The first-order chi connectivity index (χ1) is 9.63. The first-order valence-electron chi connectivity index (χ1n) is 7.05. The van der Waals surface area contributed by atoms with Crippen LogP contribution in [0, 0.1) is 11.8 Å². The predicted molar refractivity (Wildman–Crippen MR) is 84.3 cm³/mol. The number of nitrogens with one attached hydrogen (secondary N) is 1. The van der Waals surface area contributed by atoms with E-state index in [1.807, 2.05) is 27.7 Å². The van der Waals surface area contributed by atoms with Crippen LogP contribution in [-0.2, 0) is 9.59 Å². The van der Waals surface area contributed by atoms with Gasteiger partial charge in [-0.15, -0.1) is 0 Å². The van der Waals surface area contributed by atoms with E-state index >= 15 is 0 Å². The normalized spacial score (nSPS) is 12.3. The molecule has 0 aliphatic carbocycles. The van der Waals surface area contributed by atoms with Crippen molar-refractivity contribution in [2.24, 2.45) is 11.8 Å². The summed E-state index contributed by atoms with van der Waals surface area (Å²) in [5, 5.41) is 11.2. The van der Waals surface area contributed by atoms with Crippen LogP contribution in [0.5, 0.6) is 0 Å². The minimum atomic E-state index is -1.13. The van der Waals surface area contributed by atoms with Crippen LogP contribution in [0.3, 0.4) is 0 Å². The molecule has 0 heterocycles. The topological polar surface area (TPSA) is 86.7 Å². The number of carboxylic acids is 1. The van der Waals surface area contributed by atoms with Crippen LogP contribution in [0.15, 0.2) is 0 Å². The molecule has 0 aromatic carbocycles. The monoisotopic (exact) mass is 318 g/mol. The summed E-state index contributed by atoms with van der Waals surface area (Å²) in [7, 11) is 0. The van der Waals surface area contributed by atoms with Crippen molar-refractivity contribution in [2.45, 2.75) is 40.7 Å². The van der Waals surface area contributed by atoms with Crippen molar-refractivity contribution >= 4 is 28.9 Å². The number of amides is 2. The maximum atomic E-state index is 12.2.